The second-order valence-electron chi connectivity index (χ2n) is 5.41. The van der Waals surface area contributed by atoms with E-state index in [0.29, 0.717) is 5.69 Å². The largest absolute Gasteiger partial charge is 0.450 e. The van der Waals surface area contributed by atoms with Crippen molar-refractivity contribution in [3.8, 4) is 0 Å². The van der Waals surface area contributed by atoms with Gasteiger partial charge in [0.2, 0.25) is 15.9 Å². The molecule has 1 aliphatic heterocycles. The topological polar surface area (TPSA) is 96.0 Å². The summed E-state index contributed by atoms with van der Waals surface area (Å²) in [5.41, 5.74) is 0.347. The van der Waals surface area contributed by atoms with Gasteiger partial charge in [-0.1, -0.05) is 11.6 Å². The maximum atomic E-state index is 12.7. The Bertz CT molecular complexity index is 760. The summed E-state index contributed by atoms with van der Waals surface area (Å²) < 4.78 is 31.7. The van der Waals surface area contributed by atoms with Gasteiger partial charge in [-0.25, -0.2) is 13.2 Å². The zero-order chi connectivity index (χ0) is 18.6. The minimum atomic E-state index is -3.73. The van der Waals surface area contributed by atoms with E-state index in [0.717, 1.165) is 0 Å². The Labute approximate surface area is 151 Å². The molecule has 25 heavy (non-hydrogen) atoms. The van der Waals surface area contributed by atoms with Crippen molar-refractivity contribution in [1.29, 1.82) is 0 Å². The number of amides is 2. The van der Waals surface area contributed by atoms with Crippen molar-refractivity contribution in [3.05, 3.63) is 23.2 Å². The first-order valence-corrected chi connectivity index (χ1v) is 9.56. The van der Waals surface area contributed by atoms with Crippen LogP contribution >= 0.6 is 11.6 Å². The molecule has 1 fully saturated rings. The number of nitrogens with zero attached hydrogens (tertiary/aromatic N) is 2. The molecule has 1 N–H and O–H groups in total. The second kappa shape index (κ2) is 8.03. The number of ether oxygens (including phenoxy) is 1. The number of halogens is 1. The standard InChI is InChI=1S/C15H20ClN3O5S/c1-3-24-15(21)18-6-8-19(9-7-18)25(22,23)12-4-5-14(13(16)10-12)17-11(2)20/h4-5,10H,3,6-9H2,1-2H3,(H,17,20). The molecule has 1 aromatic rings. The van der Waals surface area contributed by atoms with E-state index in [-0.39, 0.29) is 48.6 Å². The van der Waals surface area contributed by atoms with Gasteiger partial charge in [0.25, 0.3) is 0 Å². The Kier molecular flexibility index (Phi) is 6.26. The first kappa shape index (κ1) is 19.5. The van der Waals surface area contributed by atoms with Gasteiger partial charge >= 0.3 is 6.09 Å². The number of hydrogen-bond donors (Lipinski definition) is 1. The molecule has 1 saturated heterocycles. The first-order valence-electron chi connectivity index (χ1n) is 7.74. The van der Waals surface area contributed by atoms with Crippen molar-refractivity contribution in [2.75, 3.05) is 38.1 Å². The van der Waals surface area contributed by atoms with Gasteiger partial charge in [-0.3, -0.25) is 4.79 Å². The van der Waals surface area contributed by atoms with Crippen molar-refractivity contribution in [3.63, 3.8) is 0 Å². The maximum absolute atomic E-state index is 12.7. The third-order valence-corrected chi connectivity index (χ3v) is 5.86. The van der Waals surface area contributed by atoms with Crippen LogP contribution in [0.3, 0.4) is 0 Å². The molecule has 8 nitrogen and oxygen atoms in total. The van der Waals surface area contributed by atoms with E-state index in [4.69, 9.17) is 16.3 Å². The van der Waals surface area contributed by atoms with Gasteiger partial charge in [-0.2, -0.15) is 4.31 Å². The van der Waals surface area contributed by atoms with Crippen molar-refractivity contribution in [2.45, 2.75) is 18.7 Å². The minimum Gasteiger partial charge on any atom is -0.450 e. The van der Waals surface area contributed by atoms with Crippen LogP contribution in [0.15, 0.2) is 23.1 Å². The zero-order valence-electron chi connectivity index (χ0n) is 14.0. The number of benzene rings is 1. The quantitative estimate of drug-likeness (QED) is 0.846. The zero-order valence-corrected chi connectivity index (χ0v) is 15.6. The molecule has 0 aromatic heterocycles. The van der Waals surface area contributed by atoms with Crippen molar-refractivity contribution in [1.82, 2.24) is 9.21 Å². The molecular weight excluding hydrogens is 370 g/mol. The van der Waals surface area contributed by atoms with Crippen molar-refractivity contribution in [2.24, 2.45) is 0 Å². The summed E-state index contributed by atoms with van der Waals surface area (Å²) in [7, 11) is -3.73. The number of anilines is 1. The normalized spacial score (nSPS) is 15.7. The van der Waals surface area contributed by atoms with Crippen molar-refractivity contribution >= 4 is 39.3 Å². The molecule has 10 heteroatoms. The molecule has 0 atom stereocenters. The molecule has 2 amide bonds. The number of carbonyl (C=O) groups is 2. The van der Waals surface area contributed by atoms with Crippen LogP contribution in [0.5, 0.6) is 0 Å². The van der Waals surface area contributed by atoms with Gasteiger partial charge in [0.1, 0.15) is 0 Å². The molecule has 0 unspecified atom stereocenters. The molecule has 1 aromatic carbocycles. The lowest BCUT2D eigenvalue weighted by molar-refractivity contribution is -0.114. The fourth-order valence-electron chi connectivity index (χ4n) is 2.42. The van der Waals surface area contributed by atoms with E-state index < -0.39 is 16.1 Å². The summed E-state index contributed by atoms with van der Waals surface area (Å²) in [5, 5.41) is 2.66. The highest BCUT2D eigenvalue weighted by molar-refractivity contribution is 7.89. The summed E-state index contributed by atoms with van der Waals surface area (Å²) in [5.74, 6) is -0.299. The Morgan fingerprint density at radius 3 is 2.40 bits per heavy atom. The number of carbonyl (C=O) groups excluding carboxylic acids is 2. The van der Waals surface area contributed by atoms with Gasteiger partial charge in [0.05, 0.1) is 22.2 Å². The lowest BCUT2D eigenvalue weighted by Gasteiger charge is -2.33. The van der Waals surface area contributed by atoms with Crippen LogP contribution < -0.4 is 5.32 Å². The van der Waals surface area contributed by atoms with E-state index in [2.05, 4.69) is 5.32 Å². The molecule has 0 radical (unpaired) electrons. The van der Waals surface area contributed by atoms with E-state index >= 15 is 0 Å². The fourth-order valence-corrected chi connectivity index (χ4v) is 4.16. The lowest BCUT2D eigenvalue weighted by atomic mass is 10.3. The SMILES string of the molecule is CCOC(=O)N1CCN(S(=O)(=O)c2ccc(NC(C)=O)c(Cl)c2)CC1. The molecule has 1 aliphatic rings. The Morgan fingerprint density at radius 1 is 1.24 bits per heavy atom. The number of hydrogen-bond acceptors (Lipinski definition) is 5. The smallest absolute Gasteiger partial charge is 0.409 e. The van der Waals surface area contributed by atoms with Crippen molar-refractivity contribution < 1.29 is 22.7 Å². The van der Waals surface area contributed by atoms with E-state index in [1.165, 1.54) is 34.3 Å². The highest BCUT2D eigenvalue weighted by Crippen LogP contribution is 2.27. The van der Waals surface area contributed by atoms with Crippen LogP contribution in [0.25, 0.3) is 0 Å². The molecule has 1 heterocycles. The average Bonchev–Trinajstić information content (AvgIpc) is 2.56. The van der Waals surface area contributed by atoms with Crippen LogP contribution in [0.4, 0.5) is 10.5 Å². The van der Waals surface area contributed by atoms with Gasteiger partial charge in [-0.05, 0) is 25.1 Å². The molecule has 0 bridgehead atoms. The van der Waals surface area contributed by atoms with E-state index in [9.17, 15) is 18.0 Å². The number of nitrogens with one attached hydrogen (secondary N) is 1. The fraction of sp³-hybridized carbons (Fsp3) is 0.467. The maximum Gasteiger partial charge on any atom is 0.409 e. The average molecular weight is 390 g/mol. The Balaban J connectivity index is 2.11. The Hall–Kier alpha value is -1.84. The molecule has 0 saturated carbocycles. The molecule has 0 aliphatic carbocycles. The second-order valence-corrected chi connectivity index (χ2v) is 7.76. The summed E-state index contributed by atoms with van der Waals surface area (Å²) in [6.45, 7) is 4.19. The highest BCUT2D eigenvalue weighted by atomic mass is 35.5. The molecule has 0 spiro atoms. The summed E-state index contributed by atoms with van der Waals surface area (Å²) in [6.07, 6.45) is -0.442. The predicted octanol–water partition coefficient (Wildman–Crippen LogP) is 1.76. The number of rotatable bonds is 4. The third-order valence-electron chi connectivity index (χ3n) is 3.65. The van der Waals surface area contributed by atoms with E-state index in [1.54, 1.807) is 6.92 Å². The summed E-state index contributed by atoms with van der Waals surface area (Å²) in [4.78, 5) is 24.3. The Morgan fingerprint density at radius 2 is 1.88 bits per heavy atom. The highest BCUT2D eigenvalue weighted by Gasteiger charge is 2.30. The molecular formula is C15H20ClN3O5S. The number of piperazine rings is 1. The van der Waals surface area contributed by atoms with Crippen LogP contribution in [0, 0.1) is 0 Å². The summed E-state index contributed by atoms with van der Waals surface area (Å²) in [6, 6.07) is 4.15. The van der Waals surface area contributed by atoms with Crippen LogP contribution in [0.1, 0.15) is 13.8 Å². The third kappa shape index (κ3) is 4.62. The summed E-state index contributed by atoms with van der Waals surface area (Å²) >= 11 is 6.05. The van der Waals surface area contributed by atoms with Gasteiger partial charge in [0, 0.05) is 33.1 Å². The van der Waals surface area contributed by atoms with Crippen LogP contribution in [-0.2, 0) is 19.6 Å². The lowest BCUT2D eigenvalue weighted by Crippen LogP contribution is -2.50. The van der Waals surface area contributed by atoms with E-state index in [1.807, 2.05) is 0 Å². The van der Waals surface area contributed by atoms with Crippen LogP contribution in [0.2, 0.25) is 5.02 Å². The minimum absolute atomic E-state index is 0.0381. The predicted molar refractivity (Wildman–Crippen MR) is 93.1 cm³/mol. The monoisotopic (exact) mass is 389 g/mol. The van der Waals surface area contributed by atoms with Gasteiger partial charge < -0.3 is 15.0 Å². The molecule has 138 valence electrons. The first-order chi connectivity index (χ1) is 11.8. The van der Waals surface area contributed by atoms with Crippen LogP contribution in [-0.4, -0.2) is 62.4 Å². The van der Waals surface area contributed by atoms with Gasteiger partial charge in [-0.15, -0.1) is 0 Å². The van der Waals surface area contributed by atoms with Gasteiger partial charge in [0.15, 0.2) is 0 Å². The molecule has 2 rings (SSSR count). The number of sulfonamides is 1.